The number of thiophene rings is 1. The second-order valence-corrected chi connectivity index (χ2v) is 7.40. The van der Waals surface area contributed by atoms with Gasteiger partial charge in [0.05, 0.1) is 5.69 Å². The lowest BCUT2D eigenvalue weighted by Crippen LogP contribution is -2.29. The molecule has 0 fully saturated rings. The van der Waals surface area contributed by atoms with Gasteiger partial charge in [0, 0.05) is 36.1 Å². The standard InChI is InChI=1S/C19H24N6OS/c1-13-6-9-27-16(13)4-5-19(26)21-8-7-20-17-11-18(23-12-22-17)25-15(3)10-14(2)24-25/h6,9-12H,4-5,7-8H2,1-3H3,(H,21,26)(H,20,22,23). The molecule has 0 saturated heterocycles. The second-order valence-electron chi connectivity index (χ2n) is 6.40. The molecule has 0 radical (unpaired) electrons. The Morgan fingerprint density at radius 1 is 1.19 bits per heavy atom. The number of nitrogens with zero attached hydrogens (tertiary/aromatic N) is 4. The van der Waals surface area contributed by atoms with Crippen LogP contribution in [0.4, 0.5) is 5.82 Å². The Bertz CT molecular complexity index is 917. The predicted octanol–water partition coefficient (Wildman–Crippen LogP) is 2.81. The van der Waals surface area contributed by atoms with Crippen molar-refractivity contribution >= 4 is 23.1 Å². The number of hydrogen-bond acceptors (Lipinski definition) is 6. The van der Waals surface area contributed by atoms with E-state index in [2.05, 4.69) is 44.1 Å². The third-order valence-electron chi connectivity index (χ3n) is 4.18. The summed E-state index contributed by atoms with van der Waals surface area (Å²) in [6.45, 7) is 7.16. The summed E-state index contributed by atoms with van der Waals surface area (Å²) in [6, 6.07) is 5.94. The zero-order chi connectivity index (χ0) is 19.2. The van der Waals surface area contributed by atoms with Gasteiger partial charge in [-0.25, -0.2) is 14.6 Å². The van der Waals surface area contributed by atoms with Gasteiger partial charge in [-0.2, -0.15) is 5.10 Å². The molecule has 2 N–H and O–H groups in total. The average molecular weight is 385 g/mol. The van der Waals surface area contributed by atoms with Gasteiger partial charge < -0.3 is 10.6 Å². The number of carbonyl (C=O) groups is 1. The molecule has 0 spiro atoms. The number of amides is 1. The molecular formula is C19H24N6OS. The summed E-state index contributed by atoms with van der Waals surface area (Å²) in [4.78, 5) is 21.7. The van der Waals surface area contributed by atoms with Gasteiger partial charge in [0.25, 0.3) is 0 Å². The van der Waals surface area contributed by atoms with Crippen LogP contribution in [0.25, 0.3) is 5.82 Å². The maximum atomic E-state index is 12.0. The van der Waals surface area contributed by atoms with Crippen molar-refractivity contribution in [2.45, 2.75) is 33.6 Å². The van der Waals surface area contributed by atoms with Crippen LogP contribution in [0.5, 0.6) is 0 Å². The van der Waals surface area contributed by atoms with Gasteiger partial charge in [-0.3, -0.25) is 4.79 Å². The first kappa shape index (κ1) is 19.0. The molecule has 1 amide bonds. The van der Waals surface area contributed by atoms with Crippen molar-refractivity contribution in [3.8, 4) is 5.82 Å². The van der Waals surface area contributed by atoms with Crippen LogP contribution in [0, 0.1) is 20.8 Å². The maximum absolute atomic E-state index is 12.0. The van der Waals surface area contributed by atoms with E-state index in [-0.39, 0.29) is 5.91 Å². The molecule has 27 heavy (non-hydrogen) atoms. The summed E-state index contributed by atoms with van der Waals surface area (Å²) in [6.07, 6.45) is 2.81. The Balaban J connectivity index is 1.44. The number of nitrogens with one attached hydrogen (secondary N) is 2. The molecule has 3 aromatic rings. The van der Waals surface area contributed by atoms with Crippen LogP contribution in [0.1, 0.15) is 28.2 Å². The van der Waals surface area contributed by atoms with Crippen molar-refractivity contribution in [3.05, 3.63) is 51.7 Å². The monoisotopic (exact) mass is 384 g/mol. The molecule has 8 heteroatoms. The van der Waals surface area contributed by atoms with Crippen LogP contribution in [0.3, 0.4) is 0 Å². The molecule has 0 aliphatic heterocycles. The number of anilines is 1. The van der Waals surface area contributed by atoms with E-state index in [1.54, 1.807) is 16.0 Å². The van der Waals surface area contributed by atoms with Gasteiger partial charge in [0.2, 0.25) is 5.91 Å². The molecule has 7 nitrogen and oxygen atoms in total. The van der Waals surface area contributed by atoms with Gasteiger partial charge in [-0.15, -0.1) is 11.3 Å². The molecule has 3 heterocycles. The molecule has 0 saturated carbocycles. The minimum atomic E-state index is 0.0654. The predicted molar refractivity (Wildman–Crippen MR) is 108 cm³/mol. The third-order valence-corrected chi connectivity index (χ3v) is 5.26. The van der Waals surface area contributed by atoms with E-state index in [4.69, 9.17) is 0 Å². The van der Waals surface area contributed by atoms with E-state index in [1.165, 1.54) is 16.8 Å². The largest absolute Gasteiger partial charge is 0.368 e. The highest BCUT2D eigenvalue weighted by Crippen LogP contribution is 2.17. The molecule has 3 rings (SSSR count). The van der Waals surface area contributed by atoms with Crippen molar-refractivity contribution in [1.82, 2.24) is 25.1 Å². The van der Waals surface area contributed by atoms with Crippen LogP contribution in [0.15, 0.2) is 29.9 Å². The molecule has 0 bridgehead atoms. The fourth-order valence-corrected chi connectivity index (χ4v) is 3.70. The summed E-state index contributed by atoms with van der Waals surface area (Å²) >= 11 is 1.71. The summed E-state index contributed by atoms with van der Waals surface area (Å²) in [5.74, 6) is 1.49. The van der Waals surface area contributed by atoms with E-state index in [1.807, 2.05) is 26.0 Å². The lowest BCUT2D eigenvalue weighted by molar-refractivity contribution is -0.120. The Hall–Kier alpha value is -2.74. The fraction of sp³-hybridized carbons (Fsp3) is 0.368. The highest BCUT2D eigenvalue weighted by molar-refractivity contribution is 7.10. The molecule has 0 aliphatic rings. The Morgan fingerprint density at radius 2 is 2.04 bits per heavy atom. The second kappa shape index (κ2) is 8.77. The number of aromatic nitrogens is 4. The Labute approximate surface area is 162 Å². The van der Waals surface area contributed by atoms with Gasteiger partial charge in [0.1, 0.15) is 12.1 Å². The van der Waals surface area contributed by atoms with Crippen LogP contribution >= 0.6 is 11.3 Å². The summed E-state index contributed by atoms with van der Waals surface area (Å²) in [7, 11) is 0. The van der Waals surface area contributed by atoms with Gasteiger partial charge in [-0.1, -0.05) is 0 Å². The number of aryl methyl sites for hydroxylation is 4. The SMILES string of the molecule is Cc1cc(C)n(-c2cc(NCCNC(=O)CCc3sccc3C)ncn2)n1. The molecule has 0 unspecified atom stereocenters. The smallest absolute Gasteiger partial charge is 0.220 e. The number of rotatable bonds is 8. The van der Waals surface area contributed by atoms with Crippen LogP contribution in [-0.4, -0.2) is 38.7 Å². The Morgan fingerprint density at radius 3 is 2.74 bits per heavy atom. The van der Waals surface area contributed by atoms with E-state index in [9.17, 15) is 4.79 Å². The van der Waals surface area contributed by atoms with Gasteiger partial charge in [-0.05, 0) is 50.3 Å². The zero-order valence-electron chi connectivity index (χ0n) is 15.8. The first-order chi connectivity index (χ1) is 13.0. The lowest BCUT2D eigenvalue weighted by Gasteiger charge is -2.09. The summed E-state index contributed by atoms with van der Waals surface area (Å²) in [5.41, 5.74) is 3.23. The average Bonchev–Trinajstić information content (AvgIpc) is 3.21. The quantitative estimate of drug-likeness (QED) is 0.584. The molecule has 3 aromatic heterocycles. The summed E-state index contributed by atoms with van der Waals surface area (Å²) in [5, 5.41) is 12.6. The van der Waals surface area contributed by atoms with Crippen LogP contribution in [0.2, 0.25) is 0 Å². The van der Waals surface area contributed by atoms with Crippen molar-refractivity contribution < 1.29 is 4.79 Å². The molecule has 0 aromatic carbocycles. The van der Waals surface area contributed by atoms with Crippen molar-refractivity contribution in [2.24, 2.45) is 0 Å². The van der Waals surface area contributed by atoms with Crippen molar-refractivity contribution in [1.29, 1.82) is 0 Å². The lowest BCUT2D eigenvalue weighted by atomic mass is 10.2. The highest BCUT2D eigenvalue weighted by atomic mass is 32.1. The first-order valence-corrected chi connectivity index (χ1v) is 9.80. The van der Waals surface area contributed by atoms with E-state index < -0.39 is 0 Å². The third kappa shape index (κ3) is 5.13. The Kier molecular flexibility index (Phi) is 6.18. The van der Waals surface area contributed by atoms with Crippen LogP contribution in [-0.2, 0) is 11.2 Å². The van der Waals surface area contributed by atoms with E-state index >= 15 is 0 Å². The highest BCUT2D eigenvalue weighted by Gasteiger charge is 2.07. The molecular weight excluding hydrogens is 360 g/mol. The topological polar surface area (TPSA) is 84.7 Å². The van der Waals surface area contributed by atoms with Gasteiger partial charge >= 0.3 is 0 Å². The number of carbonyl (C=O) groups excluding carboxylic acids is 1. The van der Waals surface area contributed by atoms with E-state index in [0.717, 1.165) is 17.8 Å². The van der Waals surface area contributed by atoms with Gasteiger partial charge in [0.15, 0.2) is 5.82 Å². The molecule has 0 aliphatic carbocycles. The van der Waals surface area contributed by atoms with Crippen molar-refractivity contribution in [3.63, 3.8) is 0 Å². The zero-order valence-corrected chi connectivity index (χ0v) is 16.6. The molecule has 142 valence electrons. The van der Waals surface area contributed by atoms with E-state index in [0.29, 0.717) is 31.1 Å². The van der Waals surface area contributed by atoms with Crippen molar-refractivity contribution in [2.75, 3.05) is 18.4 Å². The minimum absolute atomic E-state index is 0.0654. The normalized spacial score (nSPS) is 10.8. The summed E-state index contributed by atoms with van der Waals surface area (Å²) < 4.78 is 1.79. The first-order valence-electron chi connectivity index (χ1n) is 8.92. The maximum Gasteiger partial charge on any atom is 0.220 e. The number of hydrogen-bond donors (Lipinski definition) is 2. The fourth-order valence-electron chi connectivity index (χ4n) is 2.79. The molecule has 0 atom stereocenters. The van der Waals surface area contributed by atoms with Crippen LogP contribution < -0.4 is 10.6 Å². The minimum Gasteiger partial charge on any atom is -0.368 e.